The Balaban J connectivity index is 2.40. The number of aromatic carboxylic acids is 1. The van der Waals surface area contributed by atoms with Crippen LogP contribution in [0.25, 0.3) is 0 Å². The Morgan fingerprint density at radius 2 is 2.31 bits per heavy atom. The second-order valence-corrected chi connectivity index (χ2v) is 3.31. The van der Waals surface area contributed by atoms with E-state index < -0.39 is 5.97 Å². The Bertz CT molecular complexity index is 373. The molecule has 1 aromatic rings. The molecule has 16 heavy (non-hydrogen) atoms. The first kappa shape index (κ1) is 12.2. The molecule has 0 aliphatic heterocycles. The number of carboxylic acids is 1. The average Bonchev–Trinajstić information content (AvgIpc) is 2.66. The van der Waals surface area contributed by atoms with Crippen molar-refractivity contribution >= 4 is 11.9 Å². The van der Waals surface area contributed by atoms with Gasteiger partial charge in [-0.25, -0.2) is 9.78 Å². The van der Waals surface area contributed by atoms with Crippen molar-refractivity contribution in [2.75, 3.05) is 6.61 Å². The van der Waals surface area contributed by atoms with Crippen molar-refractivity contribution in [2.45, 2.75) is 26.3 Å². The molecular weight excluding hydrogens is 212 g/mol. The molecule has 0 atom stereocenters. The highest BCUT2D eigenvalue weighted by molar-refractivity contribution is 5.85. The fraction of sp³-hybridized carbons (Fsp3) is 0.500. The fourth-order valence-corrected chi connectivity index (χ4v) is 1.08. The van der Waals surface area contributed by atoms with Crippen LogP contribution in [-0.4, -0.2) is 33.2 Å². The van der Waals surface area contributed by atoms with Crippen LogP contribution in [0.15, 0.2) is 12.5 Å². The highest BCUT2D eigenvalue weighted by Crippen LogP contribution is 1.97. The van der Waals surface area contributed by atoms with Gasteiger partial charge in [0.25, 0.3) is 0 Å². The lowest BCUT2D eigenvalue weighted by atomic mass is 10.4. The van der Waals surface area contributed by atoms with E-state index in [1.165, 1.54) is 17.1 Å². The summed E-state index contributed by atoms with van der Waals surface area (Å²) in [7, 11) is 0. The molecule has 0 saturated heterocycles. The summed E-state index contributed by atoms with van der Waals surface area (Å²) >= 11 is 0. The number of unbranched alkanes of at least 4 members (excludes halogenated alkanes) is 1. The number of ether oxygens (including phenoxy) is 1. The van der Waals surface area contributed by atoms with Crippen molar-refractivity contribution in [1.82, 2.24) is 9.55 Å². The van der Waals surface area contributed by atoms with Gasteiger partial charge in [0.2, 0.25) is 0 Å². The van der Waals surface area contributed by atoms with Crippen LogP contribution in [0.2, 0.25) is 0 Å². The summed E-state index contributed by atoms with van der Waals surface area (Å²) < 4.78 is 6.31. The Hall–Kier alpha value is -1.85. The van der Waals surface area contributed by atoms with Crippen molar-refractivity contribution < 1.29 is 19.4 Å². The summed E-state index contributed by atoms with van der Waals surface area (Å²) in [6, 6.07) is 0. The van der Waals surface area contributed by atoms with Gasteiger partial charge in [-0.15, -0.1) is 0 Å². The number of esters is 1. The molecule has 1 rings (SSSR count). The summed E-state index contributed by atoms with van der Waals surface area (Å²) in [6.45, 7) is 2.39. The number of carbonyl (C=O) groups excluding carboxylic acids is 1. The standard InChI is InChI=1S/C10H14N2O4/c1-2-3-4-16-9(13)6-12-5-8(10(14)15)11-7-12/h5,7H,2-4,6H2,1H3,(H,14,15). The summed E-state index contributed by atoms with van der Waals surface area (Å²) in [4.78, 5) is 25.4. The van der Waals surface area contributed by atoms with Gasteiger partial charge >= 0.3 is 11.9 Å². The molecule has 0 amide bonds. The van der Waals surface area contributed by atoms with Crippen LogP contribution in [0.1, 0.15) is 30.3 Å². The lowest BCUT2D eigenvalue weighted by Gasteiger charge is -2.03. The van der Waals surface area contributed by atoms with Gasteiger partial charge in [-0.3, -0.25) is 4.79 Å². The van der Waals surface area contributed by atoms with Crippen LogP contribution < -0.4 is 0 Å². The molecule has 0 fully saturated rings. The van der Waals surface area contributed by atoms with E-state index in [-0.39, 0.29) is 18.2 Å². The monoisotopic (exact) mass is 226 g/mol. The predicted molar refractivity (Wildman–Crippen MR) is 55.1 cm³/mol. The fourth-order valence-electron chi connectivity index (χ4n) is 1.08. The van der Waals surface area contributed by atoms with E-state index in [1.807, 2.05) is 6.92 Å². The number of hydrogen-bond acceptors (Lipinski definition) is 4. The number of rotatable bonds is 6. The molecule has 0 aliphatic carbocycles. The summed E-state index contributed by atoms with van der Waals surface area (Å²) in [5, 5.41) is 8.61. The van der Waals surface area contributed by atoms with Gasteiger partial charge in [0.05, 0.1) is 12.9 Å². The second-order valence-electron chi connectivity index (χ2n) is 3.31. The smallest absolute Gasteiger partial charge is 0.356 e. The number of hydrogen-bond donors (Lipinski definition) is 1. The minimum absolute atomic E-state index is 0.00993. The number of carboxylic acid groups (broad SMARTS) is 1. The zero-order valence-corrected chi connectivity index (χ0v) is 9.05. The second kappa shape index (κ2) is 5.89. The minimum atomic E-state index is -1.11. The van der Waals surface area contributed by atoms with Crippen LogP contribution in [0.4, 0.5) is 0 Å². The van der Waals surface area contributed by atoms with E-state index in [0.717, 1.165) is 12.8 Å². The van der Waals surface area contributed by atoms with Gasteiger partial charge in [-0.2, -0.15) is 0 Å². The third kappa shape index (κ3) is 3.72. The topological polar surface area (TPSA) is 81.4 Å². The van der Waals surface area contributed by atoms with Crippen LogP contribution in [0, 0.1) is 0 Å². The lowest BCUT2D eigenvalue weighted by molar-refractivity contribution is -0.144. The first-order valence-corrected chi connectivity index (χ1v) is 5.04. The molecule has 0 bridgehead atoms. The highest BCUT2D eigenvalue weighted by Gasteiger charge is 2.09. The molecule has 6 heteroatoms. The Morgan fingerprint density at radius 3 is 2.88 bits per heavy atom. The molecular formula is C10H14N2O4. The van der Waals surface area contributed by atoms with E-state index in [0.29, 0.717) is 6.61 Å². The largest absolute Gasteiger partial charge is 0.476 e. The molecule has 1 aromatic heterocycles. The Labute approximate surface area is 92.9 Å². The van der Waals surface area contributed by atoms with Gasteiger partial charge in [-0.05, 0) is 6.42 Å². The number of imidazole rings is 1. The van der Waals surface area contributed by atoms with Gasteiger partial charge in [0.15, 0.2) is 5.69 Å². The zero-order chi connectivity index (χ0) is 12.0. The minimum Gasteiger partial charge on any atom is -0.476 e. The maximum absolute atomic E-state index is 11.2. The zero-order valence-electron chi connectivity index (χ0n) is 9.05. The summed E-state index contributed by atoms with van der Waals surface area (Å²) in [5.74, 6) is -1.50. The highest BCUT2D eigenvalue weighted by atomic mass is 16.5. The van der Waals surface area contributed by atoms with Crippen LogP contribution in [0.3, 0.4) is 0 Å². The number of nitrogens with zero attached hydrogens (tertiary/aromatic N) is 2. The van der Waals surface area contributed by atoms with E-state index in [1.54, 1.807) is 0 Å². The van der Waals surface area contributed by atoms with Gasteiger partial charge in [-0.1, -0.05) is 13.3 Å². The van der Waals surface area contributed by atoms with Gasteiger partial charge in [0.1, 0.15) is 6.54 Å². The molecule has 1 N–H and O–H groups in total. The first-order valence-electron chi connectivity index (χ1n) is 5.04. The Morgan fingerprint density at radius 1 is 1.56 bits per heavy atom. The third-order valence-electron chi connectivity index (χ3n) is 1.92. The summed E-state index contributed by atoms with van der Waals surface area (Å²) in [6.07, 6.45) is 4.38. The van der Waals surface area contributed by atoms with Crippen LogP contribution >= 0.6 is 0 Å². The van der Waals surface area contributed by atoms with Gasteiger partial charge < -0.3 is 14.4 Å². The molecule has 0 aliphatic rings. The Kier molecular flexibility index (Phi) is 4.50. The SMILES string of the molecule is CCCCOC(=O)Cn1cnc(C(=O)O)c1. The molecule has 6 nitrogen and oxygen atoms in total. The van der Waals surface area contributed by atoms with Crippen molar-refractivity contribution in [2.24, 2.45) is 0 Å². The average molecular weight is 226 g/mol. The van der Waals surface area contributed by atoms with E-state index in [9.17, 15) is 9.59 Å². The normalized spacial score (nSPS) is 10.1. The number of aromatic nitrogens is 2. The van der Waals surface area contributed by atoms with E-state index in [4.69, 9.17) is 9.84 Å². The predicted octanol–water partition coefficient (Wildman–Crippen LogP) is 0.925. The number of carbonyl (C=O) groups is 2. The maximum Gasteiger partial charge on any atom is 0.356 e. The quantitative estimate of drug-likeness (QED) is 0.576. The van der Waals surface area contributed by atoms with Gasteiger partial charge in [0, 0.05) is 6.20 Å². The van der Waals surface area contributed by atoms with Crippen LogP contribution in [0.5, 0.6) is 0 Å². The van der Waals surface area contributed by atoms with Crippen molar-refractivity contribution in [3.8, 4) is 0 Å². The molecule has 88 valence electrons. The first-order chi connectivity index (χ1) is 7.63. The molecule has 0 aromatic carbocycles. The molecule has 0 spiro atoms. The van der Waals surface area contributed by atoms with Crippen LogP contribution in [-0.2, 0) is 16.1 Å². The molecule has 0 radical (unpaired) electrons. The molecule has 0 saturated carbocycles. The van der Waals surface area contributed by atoms with Crippen molar-refractivity contribution in [1.29, 1.82) is 0 Å². The third-order valence-corrected chi connectivity index (χ3v) is 1.92. The molecule has 1 heterocycles. The summed E-state index contributed by atoms with van der Waals surface area (Å²) in [5.41, 5.74) is -0.0821. The lowest BCUT2D eigenvalue weighted by Crippen LogP contribution is -2.13. The maximum atomic E-state index is 11.2. The van der Waals surface area contributed by atoms with Crippen molar-refractivity contribution in [3.05, 3.63) is 18.2 Å². The van der Waals surface area contributed by atoms with E-state index in [2.05, 4.69) is 4.98 Å². The molecule has 0 unspecified atom stereocenters. The van der Waals surface area contributed by atoms with E-state index >= 15 is 0 Å². The van der Waals surface area contributed by atoms with Crippen molar-refractivity contribution in [3.63, 3.8) is 0 Å².